The summed E-state index contributed by atoms with van der Waals surface area (Å²) in [5.74, 6) is 1.50. The normalized spacial score (nSPS) is 27.1. The van der Waals surface area contributed by atoms with E-state index in [4.69, 9.17) is 4.74 Å². The van der Waals surface area contributed by atoms with E-state index in [2.05, 4.69) is 65.5 Å². The minimum atomic E-state index is -0.181. The van der Waals surface area contributed by atoms with E-state index in [1.54, 1.807) is 0 Å². The van der Waals surface area contributed by atoms with Gasteiger partial charge in [-0.1, -0.05) is 53.7 Å². The van der Waals surface area contributed by atoms with Crippen LogP contribution in [0.2, 0.25) is 0 Å². The van der Waals surface area contributed by atoms with Crippen LogP contribution in [0.3, 0.4) is 0 Å². The van der Waals surface area contributed by atoms with Gasteiger partial charge in [0.1, 0.15) is 0 Å². The topological polar surface area (TPSA) is 32.7 Å². The van der Waals surface area contributed by atoms with Gasteiger partial charge in [0.2, 0.25) is 0 Å². The van der Waals surface area contributed by atoms with Crippen LogP contribution in [0.4, 0.5) is 0 Å². The lowest BCUT2D eigenvalue weighted by molar-refractivity contribution is -0.0187. The Hall–Kier alpha value is -0.900. The molecule has 2 fully saturated rings. The van der Waals surface area contributed by atoms with Crippen LogP contribution in [0.15, 0.2) is 12.1 Å². The summed E-state index contributed by atoms with van der Waals surface area (Å²) in [6.07, 6.45) is 2.09. The zero-order chi connectivity index (χ0) is 19.9. The van der Waals surface area contributed by atoms with Crippen molar-refractivity contribution in [3.8, 4) is 0 Å². The summed E-state index contributed by atoms with van der Waals surface area (Å²) in [6.45, 7) is 17.8. The van der Waals surface area contributed by atoms with Gasteiger partial charge in [0.25, 0.3) is 0 Å². The number of aliphatic hydroxyl groups is 1. The van der Waals surface area contributed by atoms with Crippen LogP contribution in [-0.2, 0) is 4.74 Å². The molecule has 0 unspecified atom stereocenters. The van der Waals surface area contributed by atoms with Gasteiger partial charge in [-0.25, -0.2) is 0 Å². The summed E-state index contributed by atoms with van der Waals surface area (Å²) in [5.41, 5.74) is 5.73. The van der Waals surface area contributed by atoms with Crippen molar-refractivity contribution in [2.24, 2.45) is 0 Å². The van der Waals surface area contributed by atoms with Crippen LogP contribution in [0.1, 0.15) is 107 Å². The molecule has 0 bridgehead atoms. The van der Waals surface area contributed by atoms with Crippen molar-refractivity contribution in [3.05, 3.63) is 34.4 Å². The fourth-order valence-electron chi connectivity index (χ4n) is 5.01. The number of hydrogen-bond acceptors (Lipinski definition) is 3. The molecular weight excluding hydrogens is 334 g/mol. The van der Waals surface area contributed by atoms with Crippen LogP contribution in [0, 0.1) is 0 Å². The number of benzene rings is 1. The Kier molecular flexibility index (Phi) is 6.34. The molecule has 0 aromatic heterocycles. The zero-order valence-corrected chi connectivity index (χ0v) is 18.3. The molecule has 3 nitrogen and oxygen atoms in total. The highest BCUT2D eigenvalue weighted by Crippen LogP contribution is 2.39. The SMILES string of the molecule is CC(C)c1cc(C(C)C)c([C@@H](C)O[C@H]2CCN3C[C@@H](O)C[C@@H]23)c(C(C)C)c1. The first-order valence-corrected chi connectivity index (χ1v) is 10.9. The summed E-state index contributed by atoms with van der Waals surface area (Å²) >= 11 is 0. The maximum atomic E-state index is 10.0. The van der Waals surface area contributed by atoms with Gasteiger partial charge in [-0.3, -0.25) is 4.90 Å². The second-order valence-electron chi connectivity index (χ2n) is 9.63. The van der Waals surface area contributed by atoms with Gasteiger partial charge in [-0.05, 0) is 59.8 Å². The molecule has 0 spiro atoms. The van der Waals surface area contributed by atoms with Gasteiger partial charge in [-0.2, -0.15) is 0 Å². The van der Waals surface area contributed by atoms with Crippen molar-refractivity contribution < 1.29 is 9.84 Å². The van der Waals surface area contributed by atoms with Gasteiger partial charge in [0.15, 0.2) is 0 Å². The van der Waals surface area contributed by atoms with E-state index in [1.807, 2.05) is 0 Å². The highest BCUT2D eigenvalue weighted by Gasteiger charge is 2.42. The second-order valence-corrected chi connectivity index (χ2v) is 9.63. The molecule has 1 aromatic rings. The van der Waals surface area contributed by atoms with Crippen molar-refractivity contribution in [3.63, 3.8) is 0 Å². The summed E-state index contributed by atoms with van der Waals surface area (Å²) < 4.78 is 6.69. The molecule has 0 amide bonds. The molecule has 152 valence electrons. The highest BCUT2D eigenvalue weighted by atomic mass is 16.5. The van der Waals surface area contributed by atoms with E-state index >= 15 is 0 Å². The average Bonchev–Trinajstić information content (AvgIpc) is 3.13. The van der Waals surface area contributed by atoms with Gasteiger partial charge in [-0.15, -0.1) is 0 Å². The molecule has 4 atom stereocenters. The number of nitrogens with zero attached hydrogens (tertiary/aromatic N) is 1. The molecular formula is C24H39NO2. The molecule has 0 aliphatic carbocycles. The van der Waals surface area contributed by atoms with Crippen molar-refractivity contribution >= 4 is 0 Å². The second kappa shape index (κ2) is 8.23. The Morgan fingerprint density at radius 2 is 1.56 bits per heavy atom. The van der Waals surface area contributed by atoms with Crippen LogP contribution >= 0.6 is 0 Å². The standard InChI is InChI=1S/C24H39NO2/c1-14(2)18-10-20(15(3)4)24(21(11-18)16(5)6)17(7)27-23-8-9-25-13-19(26)12-22(23)25/h10-11,14-17,19,22-23,26H,8-9,12-13H2,1-7H3/t17-,19+,22+,23+/m1/s1. The number of aliphatic hydroxyl groups excluding tert-OH is 1. The lowest BCUT2D eigenvalue weighted by Gasteiger charge is -2.30. The van der Waals surface area contributed by atoms with E-state index < -0.39 is 0 Å². The lowest BCUT2D eigenvalue weighted by atomic mass is 9.82. The molecule has 1 aromatic carbocycles. The average molecular weight is 374 g/mol. The number of fused-ring (bicyclic) bond motifs is 1. The molecule has 27 heavy (non-hydrogen) atoms. The first kappa shape index (κ1) is 20.8. The molecule has 2 saturated heterocycles. The number of hydrogen-bond donors (Lipinski definition) is 1. The van der Waals surface area contributed by atoms with Crippen molar-refractivity contribution in [1.82, 2.24) is 4.90 Å². The highest BCUT2D eigenvalue weighted by molar-refractivity contribution is 5.45. The molecule has 1 N–H and O–H groups in total. The third-order valence-corrected chi connectivity index (χ3v) is 6.52. The predicted octanol–water partition coefficient (Wildman–Crippen LogP) is 5.34. The zero-order valence-electron chi connectivity index (χ0n) is 18.3. The maximum Gasteiger partial charge on any atom is 0.0806 e. The summed E-state index contributed by atoms with van der Waals surface area (Å²) in [5, 5.41) is 10.0. The van der Waals surface area contributed by atoms with Crippen LogP contribution in [0.25, 0.3) is 0 Å². The third-order valence-electron chi connectivity index (χ3n) is 6.52. The van der Waals surface area contributed by atoms with Crippen molar-refractivity contribution in [2.75, 3.05) is 13.1 Å². The predicted molar refractivity (Wildman–Crippen MR) is 113 cm³/mol. The summed E-state index contributed by atoms with van der Waals surface area (Å²) in [6, 6.07) is 5.22. The molecule has 0 saturated carbocycles. The van der Waals surface area contributed by atoms with Gasteiger partial charge < -0.3 is 9.84 Å². The molecule has 2 aliphatic heterocycles. The molecule has 2 heterocycles. The minimum absolute atomic E-state index is 0.0868. The molecule has 3 rings (SSSR count). The Labute approximate surface area is 166 Å². The van der Waals surface area contributed by atoms with E-state index in [-0.39, 0.29) is 18.3 Å². The third kappa shape index (κ3) is 4.26. The van der Waals surface area contributed by atoms with Gasteiger partial charge in [0.05, 0.1) is 18.3 Å². The number of rotatable bonds is 6. The van der Waals surface area contributed by atoms with Crippen molar-refractivity contribution in [1.29, 1.82) is 0 Å². The maximum absolute atomic E-state index is 10.0. The lowest BCUT2D eigenvalue weighted by Crippen LogP contribution is -2.31. The van der Waals surface area contributed by atoms with Gasteiger partial charge >= 0.3 is 0 Å². The Bertz CT molecular complexity index is 623. The van der Waals surface area contributed by atoms with Crippen molar-refractivity contribution in [2.45, 2.75) is 103 Å². The quantitative estimate of drug-likeness (QED) is 0.730. The first-order chi connectivity index (χ1) is 12.7. The van der Waals surface area contributed by atoms with E-state index in [0.29, 0.717) is 23.8 Å². The summed E-state index contributed by atoms with van der Waals surface area (Å²) in [4.78, 5) is 2.41. The van der Waals surface area contributed by atoms with E-state index in [1.165, 1.54) is 22.3 Å². The van der Waals surface area contributed by atoms with Gasteiger partial charge in [0, 0.05) is 19.1 Å². The summed E-state index contributed by atoms with van der Waals surface area (Å²) in [7, 11) is 0. The Morgan fingerprint density at radius 1 is 0.963 bits per heavy atom. The smallest absolute Gasteiger partial charge is 0.0806 e. The van der Waals surface area contributed by atoms with Crippen LogP contribution in [0.5, 0.6) is 0 Å². The minimum Gasteiger partial charge on any atom is -0.392 e. The monoisotopic (exact) mass is 373 g/mol. The molecule has 2 aliphatic rings. The number of ether oxygens (including phenoxy) is 1. The van der Waals surface area contributed by atoms with Crippen LogP contribution in [-0.4, -0.2) is 41.3 Å². The van der Waals surface area contributed by atoms with E-state index in [9.17, 15) is 5.11 Å². The van der Waals surface area contributed by atoms with Crippen LogP contribution < -0.4 is 0 Å². The first-order valence-electron chi connectivity index (χ1n) is 10.9. The fourth-order valence-corrected chi connectivity index (χ4v) is 5.01. The fraction of sp³-hybridized carbons (Fsp3) is 0.750. The Morgan fingerprint density at radius 3 is 2.07 bits per heavy atom. The molecule has 3 heteroatoms. The largest absolute Gasteiger partial charge is 0.392 e. The molecule has 0 radical (unpaired) electrons. The van der Waals surface area contributed by atoms with E-state index in [0.717, 1.165) is 25.9 Å². The Balaban J connectivity index is 1.92.